The molecule has 0 saturated heterocycles. The fraction of sp³-hybridized carbons (Fsp3) is 0.200. The standard InChI is InChI=1S/C20H16F2O5/c1-12-6-7-18(27-20(21)22)15(8-12)16(23)11-26-19(24)14-9-13-4-2-3-5-17(13)25-10-14/h2-9,20H,10-11H2,1H3. The Morgan fingerprint density at radius 2 is 1.96 bits per heavy atom. The van der Waals surface area contributed by atoms with Crippen molar-refractivity contribution in [2.75, 3.05) is 13.2 Å². The van der Waals surface area contributed by atoms with Gasteiger partial charge in [0.05, 0.1) is 11.1 Å². The molecule has 2 aromatic rings. The first-order valence-electron chi connectivity index (χ1n) is 8.12. The normalized spacial score (nSPS) is 12.7. The Bertz CT molecular complexity index is 905. The summed E-state index contributed by atoms with van der Waals surface area (Å²) in [5.41, 5.74) is 1.61. The Kier molecular flexibility index (Phi) is 5.49. The minimum atomic E-state index is -3.06. The van der Waals surface area contributed by atoms with Crippen LogP contribution >= 0.6 is 0 Å². The van der Waals surface area contributed by atoms with Crippen LogP contribution in [0.3, 0.4) is 0 Å². The van der Waals surface area contributed by atoms with Gasteiger partial charge in [0.1, 0.15) is 18.1 Å². The third-order valence-corrected chi connectivity index (χ3v) is 3.88. The number of hydrogen-bond acceptors (Lipinski definition) is 5. The van der Waals surface area contributed by atoms with Crippen LogP contribution in [-0.2, 0) is 9.53 Å². The van der Waals surface area contributed by atoms with E-state index in [1.165, 1.54) is 12.1 Å². The molecular weight excluding hydrogens is 358 g/mol. The summed E-state index contributed by atoms with van der Waals surface area (Å²) >= 11 is 0. The lowest BCUT2D eigenvalue weighted by Crippen LogP contribution is -2.21. The number of ether oxygens (including phenoxy) is 3. The van der Waals surface area contributed by atoms with Crippen molar-refractivity contribution in [2.45, 2.75) is 13.5 Å². The number of alkyl halides is 2. The number of fused-ring (bicyclic) bond motifs is 1. The van der Waals surface area contributed by atoms with Crippen LogP contribution in [0.1, 0.15) is 21.5 Å². The molecule has 0 spiro atoms. The van der Waals surface area contributed by atoms with Gasteiger partial charge in [0.25, 0.3) is 0 Å². The predicted molar refractivity (Wildman–Crippen MR) is 93.0 cm³/mol. The topological polar surface area (TPSA) is 61.8 Å². The molecule has 7 heteroatoms. The lowest BCUT2D eigenvalue weighted by molar-refractivity contribution is -0.138. The zero-order valence-electron chi connectivity index (χ0n) is 14.4. The minimum Gasteiger partial charge on any atom is -0.488 e. The van der Waals surface area contributed by atoms with E-state index in [0.717, 1.165) is 5.56 Å². The number of ketones is 1. The first-order valence-corrected chi connectivity index (χ1v) is 8.12. The number of aryl methyl sites for hydroxylation is 1. The van der Waals surface area contributed by atoms with Gasteiger partial charge in [-0.2, -0.15) is 8.78 Å². The maximum Gasteiger partial charge on any atom is 0.387 e. The van der Waals surface area contributed by atoms with Crippen molar-refractivity contribution in [3.63, 3.8) is 0 Å². The molecule has 5 nitrogen and oxygen atoms in total. The van der Waals surface area contributed by atoms with Crippen molar-refractivity contribution in [1.82, 2.24) is 0 Å². The van der Waals surface area contributed by atoms with Crippen molar-refractivity contribution in [3.8, 4) is 11.5 Å². The summed E-state index contributed by atoms with van der Waals surface area (Å²) in [6.07, 6.45) is 1.63. The van der Waals surface area contributed by atoms with Gasteiger partial charge in [-0.25, -0.2) is 4.79 Å². The van der Waals surface area contributed by atoms with Crippen LogP contribution in [0.4, 0.5) is 8.78 Å². The highest BCUT2D eigenvalue weighted by Crippen LogP contribution is 2.26. The van der Waals surface area contributed by atoms with Crippen LogP contribution in [0.2, 0.25) is 0 Å². The molecule has 0 N–H and O–H groups in total. The summed E-state index contributed by atoms with van der Waals surface area (Å²) < 4.78 is 39.9. The Morgan fingerprint density at radius 1 is 1.19 bits per heavy atom. The molecule has 0 fully saturated rings. The average Bonchev–Trinajstić information content (AvgIpc) is 2.66. The molecule has 0 unspecified atom stereocenters. The van der Waals surface area contributed by atoms with Crippen molar-refractivity contribution < 1.29 is 32.6 Å². The van der Waals surface area contributed by atoms with E-state index >= 15 is 0 Å². The Morgan fingerprint density at radius 3 is 2.74 bits per heavy atom. The quantitative estimate of drug-likeness (QED) is 0.569. The zero-order valence-corrected chi connectivity index (χ0v) is 14.4. The average molecular weight is 374 g/mol. The van der Waals surface area contributed by atoms with Gasteiger partial charge in [0.2, 0.25) is 5.78 Å². The lowest BCUT2D eigenvalue weighted by Gasteiger charge is -2.17. The van der Waals surface area contributed by atoms with Crippen LogP contribution in [0.5, 0.6) is 11.5 Å². The minimum absolute atomic E-state index is 0.0220. The second-order valence-corrected chi connectivity index (χ2v) is 5.87. The van der Waals surface area contributed by atoms with Crippen molar-refractivity contribution >= 4 is 17.8 Å². The number of para-hydroxylation sites is 1. The maximum absolute atomic E-state index is 12.5. The van der Waals surface area contributed by atoms with Gasteiger partial charge in [0, 0.05) is 5.56 Å². The molecule has 3 rings (SSSR count). The van der Waals surface area contributed by atoms with Gasteiger partial charge in [-0.1, -0.05) is 29.8 Å². The first-order chi connectivity index (χ1) is 12.9. The van der Waals surface area contributed by atoms with Crippen LogP contribution in [0, 0.1) is 6.92 Å². The molecule has 1 aliphatic heterocycles. The maximum atomic E-state index is 12.5. The Balaban J connectivity index is 1.69. The molecule has 2 aromatic carbocycles. The molecule has 1 aliphatic rings. The van der Waals surface area contributed by atoms with E-state index in [-0.39, 0.29) is 23.5 Å². The highest BCUT2D eigenvalue weighted by Gasteiger charge is 2.21. The SMILES string of the molecule is Cc1ccc(OC(F)F)c(C(=O)COC(=O)C2=Cc3ccccc3OC2)c1. The molecular formula is C20H16F2O5. The van der Waals surface area contributed by atoms with E-state index in [1.54, 1.807) is 37.3 Å². The summed E-state index contributed by atoms with van der Waals surface area (Å²) in [5.74, 6) is -0.952. The predicted octanol–water partition coefficient (Wildman–Crippen LogP) is 3.80. The summed E-state index contributed by atoms with van der Waals surface area (Å²) in [6, 6.07) is 11.4. The second kappa shape index (κ2) is 7.99. The van der Waals surface area contributed by atoms with E-state index in [0.29, 0.717) is 11.3 Å². The molecule has 140 valence electrons. The summed E-state index contributed by atoms with van der Waals surface area (Å²) in [6.45, 7) is -1.93. The number of carbonyl (C=O) groups excluding carboxylic acids is 2. The summed E-state index contributed by atoms with van der Waals surface area (Å²) in [4.78, 5) is 24.5. The van der Waals surface area contributed by atoms with E-state index in [4.69, 9.17) is 9.47 Å². The monoisotopic (exact) mass is 374 g/mol. The number of Topliss-reactive ketones (excluding diaryl/α,β-unsaturated/α-hetero) is 1. The lowest BCUT2D eigenvalue weighted by atomic mass is 10.1. The van der Waals surface area contributed by atoms with Crippen LogP contribution in [-0.4, -0.2) is 31.6 Å². The highest BCUT2D eigenvalue weighted by atomic mass is 19.3. The molecule has 0 aliphatic carbocycles. The van der Waals surface area contributed by atoms with Gasteiger partial charge in [-0.15, -0.1) is 0 Å². The highest BCUT2D eigenvalue weighted by molar-refractivity contribution is 6.02. The van der Waals surface area contributed by atoms with E-state index in [1.807, 2.05) is 6.07 Å². The Labute approximate surface area is 154 Å². The first kappa shape index (κ1) is 18.6. The van der Waals surface area contributed by atoms with Gasteiger partial charge in [0.15, 0.2) is 6.61 Å². The van der Waals surface area contributed by atoms with Crippen molar-refractivity contribution in [2.24, 2.45) is 0 Å². The zero-order chi connectivity index (χ0) is 19.4. The number of esters is 1. The fourth-order valence-electron chi connectivity index (χ4n) is 2.60. The third-order valence-electron chi connectivity index (χ3n) is 3.88. The number of carbonyl (C=O) groups is 2. The molecule has 0 bridgehead atoms. The smallest absolute Gasteiger partial charge is 0.387 e. The van der Waals surface area contributed by atoms with Crippen LogP contribution in [0.25, 0.3) is 6.08 Å². The van der Waals surface area contributed by atoms with Crippen molar-refractivity contribution in [3.05, 3.63) is 64.7 Å². The molecule has 0 radical (unpaired) electrons. The number of benzene rings is 2. The van der Waals surface area contributed by atoms with Gasteiger partial charge < -0.3 is 14.2 Å². The molecule has 0 saturated carbocycles. The van der Waals surface area contributed by atoms with Gasteiger partial charge >= 0.3 is 12.6 Å². The number of halogens is 2. The second-order valence-electron chi connectivity index (χ2n) is 5.87. The molecule has 0 amide bonds. The number of rotatable bonds is 6. The number of hydrogen-bond donors (Lipinski definition) is 0. The third kappa shape index (κ3) is 4.49. The van der Waals surface area contributed by atoms with E-state index in [2.05, 4.69) is 4.74 Å². The van der Waals surface area contributed by atoms with E-state index in [9.17, 15) is 18.4 Å². The largest absolute Gasteiger partial charge is 0.488 e. The molecule has 0 aromatic heterocycles. The van der Waals surface area contributed by atoms with E-state index < -0.39 is 25.0 Å². The molecule has 1 heterocycles. The Hall–Kier alpha value is -3.22. The van der Waals surface area contributed by atoms with Crippen molar-refractivity contribution in [1.29, 1.82) is 0 Å². The van der Waals surface area contributed by atoms with Gasteiger partial charge in [-0.3, -0.25) is 4.79 Å². The fourth-order valence-corrected chi connectivity index (χ4v) is 2.60. The summed E-state index contributed by atoms with van der Waals surface area (Å²) in [7, 11) is 0. The summed E-state index contributed by atoms with van der Waals surface area (Å²) in [5, 5.41) is 0. The van der Waals surface area contributed by atoms with Crippen LogP contribution < -0.4 is 9.47 Å². The molecule has 27 heavy (non-hydrogen) atoms. The van der Waals surface area contributed by atoms with Gasteiger partial charge in [-0.05, 0) is 31.2 Å². The van der Waals surface area contributed by atoms with Crippen LogP contribution in [0.15, 0.2) is 48.0 Å². The molecule has 0 atom stereocenters.